The van der Waals surface area contributed by atoms with Crippen LogP contribution in [0.15, 0.2) is 30.3 Å². The fraction of sp³-hybridized carbons (Fsp3) is 0.647. The number of benzene rings is 1. The van der Waals surface area contributed by atoms with E-state index in [0.717, 1.165) is 12.3 Å². The van der Waals surface area contributed by atoms with Crippen molar-refractivity contribution < 1.29 is 5.11 Å². The van der Waals surface area contributed by atoms with Crippen LogP contribution in [-0.4, -0.2) is 11.7 Å². The molecule has 1 rings (SSSR count). The molecule has 0 bridgehead atoms. The molecule has 1 N–H and O–H groups in total. The standard InChI is InChI=1S/C17H28O/c1-14(2)8-7-9-15(3)17(13-18)12-16-10-5-4-6-11-16/h4-6,10-11,14-15,17-18H,7-9,12-13H2,1-3H3. The topological polar surface area (TPSA) is 20.2 Å². The lowest BCUT2D eigenvalue weighted by atomic mass is 9.85. The highest BCUT2D eigenvalue weighted by molar-refractivity contribution is 5.15. The van der Waals surface area contributed by atoms with Crippen LogP contribution in [0.3, 0.4) is 0 Å². The molecule has 0 saturated carbocycles. The van der Waals surface area contributed by atoms with E-state index in [1.165, 1.54) is 24.8 Å². The Bertz CT molecular complexity index is 305. The molecule has 1 aromatic carbocycles. The Hall–Kier alpha value is -0.820. The van der Waals surface area contributed by atoms with Crippen molar-refractivity contribution in [3.8, 4) is 0 Å². The monoisotopic (exact) mass is 248 g/mol. The lowest BCUT2D eigenvalue weighted by molar-refractivity contribution is 0.174. The normalized spacial score (nSPS) is 14.7. The van der Waals surface area contributed by atoms with E-state index < -0.39 is 0 Å². The molecule has 0 aromatic heterocycles. The Labute approximate surface area is 112 Å². The highest BCUT2D eigenvalue weighted by Gasteiger charge is 2.16. The minimum absolute atomic E-state index is 0.303. The van der Waals surface area contributed by atoms with Crippen molar-refractivity contribution in [2.75, 3.05) is 6.61 Å². The van der Waals surface area contributed by atoms with Crippen LogP contribution in [0, 0.1) is 17.8 Å². The third-order valence-corrected chi connectivity index (χ3v) is 3.82. The molecular weight excluding hydrogens is 220 g/mol. The quantitative estimate of drug-likeness (QED) is 0.727. The SMILES string of the molecule is CC(C)CCCC(C)C(CO)Cc1ccccc1. The first kappa shape index (κ1) is 15.2. The van der Waals surface area contributed by atoms with Gasteiger partial charge in [-0.3, -0.25) is 0 Å². The molecule has 0 radical (unpaired) electrons. The summed E-state index contributed by atoms with van der Waals surface area (Å²) in [5.74, 6) is 1.80. The molecule has 0 saturated heterocycles. The summed E-state index contributed by atoms with van der Waals surface area (Å²) in [4.78, 5) is 0. The van der Waals surface area contributed by atoms with E-state index >= 15 is 0 Å². The van der Waals surface area contributed by atoms with E-state index in [9.17, 15) is 5.11 Å². The summed E-state index contributed by atoms with van der Waals surface area (Å²) in [6, 6.07) is 10.5. The molecule has 2 unspecified atom stereocenters. The van der Waals surface area contributed by atoms with Crippen LogP contribution < -0.4 is 0 Å². The first-order valence-electron chi connectivity index (χ1n) is 7.28. The summed E-state index contributed by atoms with van der Waals surface area (Å²) in [5, 5.41) is 9.57. The van der Waals surface area contributed by atoms with Gasteiger partial charge in [0.25, 0.3) is 0 Å². The number of hydrogen-bond acceptors (Lipinski definition) is 1. The minimum Gasteiger partial charge on any atom is -0.396 e. The van der Waals surface area contributed by atoms with E-state index in [2.05, 4.69) is 45.0 Å². The van der Waals surface area contributed by atoms with Crippen LogP contribution in [0.5, 0.6) is 0 Å². The first-order chi connectivity index (χ1) is 8.63. The molecule has 1 nitrogen and oxygen atoms in total. The molecular formula is C17H28O. The van der Waals surface area contributed by atoms with Gasteiger partial charge < -0.3 is 5.11 Å². The van der Waals surface area contributed by atoms with E-state index in [1.54, 1.807) is 0 Å². The van der Waals surface area contributed by atoms with Gasteiger partial charge in [0.1, 0.15) is 0 Å². The fourth-order valence-electron chi connectivity index (χ4n) is 2.45. The summed E-state index contributed by atoms with van der Waals surface area (Å²) in [6.07, 6.45) is 4.81. The first-order valence-corrected chi connectivity index (χ1v) is 7.28. The van der Waals surface area contributed by atoms with E-state index in [1.807, 2.05) is 6.07 Å². The summed E-state index contributed by atoms with van der Waals surface area (Å²) in [7, 11) is 0. The van der Waals surface area contributed by atoms with Gasteiger partial charge in [0, 0.05) is 6.61 Å². The Morgan fingerprint density at radius 1 is 1.00 bits per heavy atom. The van der Waals surface area contributed by atoms with Crippen LogP contribution in [-0.2, 0) is 6.42 Å². The second kappa shape index (κ2) is 8.31. The molecule has 1 aromatic rings. The molecule has 0 aliphatic heterocycles. The predicted molar refractivity (Wildman–Crippen MR) is 78.6 cm³/mol. The van der Waals surface area contributed by atoms with Crippen LogP contribution >= 0.6 is 0 Å². The second-order valence-electron chi connectivity index (χ2n) is 5.93. The van der Waals surface area contributed by atoms with Gasteiger partial charge in [0.15, 0.2) is 0 Å². The molecule has 18 heavy (non-hydrogen) atoms. The van der Waals surface area contributed by atoms with Gasteiger partial charge in [-0.25, -0.2) is 0 Å². The molecule has 0 amide bonds. The zero-order chi connectivity index (χ0) is 13.4. The van der Waals surface area contributed by atoms with Crippen LogP contribution in [0.4, 0.5) is 0 Å². The van der Waals surface area contributed by atoms with E-state index in [4.69, 9.17) is 0 Å². The highest BCUT2D eigenvalue weighted by Crippen LogP contribution is 2.23. The van der Waals surface area contributed by atoms with Crippen molar-refractivity contribution in [1.82, 2.24) is 0 Å². The predicted octanol–water partition coefficient (Wildman–Crippen LogP) is 4.30. The molecule has 0 fully saturated rings. The number of hydrogen-bond donors (Lipinski definition) is 1. The minimum atomic E-state index is 0.303. The fourth-order valence-corrected chi connectivity index (χ4v) is 2.45. The average Bonchev–Trinajstić information content (AvgIpc) is 2.36. The van der Waals surface area contributed by atoms with Crippen molar-refractivity contribution >= 4 is 0 Å². The van der Waals surface area contributed by atoms with Gasteiger partial charge in [0.05, 0.1) is 0 Å². The van der Waals surface area contributed by atoms with Crippen molar-refractivity contribution in [2.45, 2.75) is 46.5 Å². The van der Waals surface area contributed by atoms with E-state index in [0.29, 0.717) is 18.4 Å². The van der Waals surface area contributed by atoms with Crippen LogP contribution in [0.25, 0.3) is 0 Å². The Kier molecular flexibility index (Phi) is 7.04. The zero-order valence-corrected chi connectivity index (χ0v) is 12.1. The zero-order valence-electron chi connectivity index (χ0n) is 12.1. The third-order valence-electron chi connectivity index (χ3n) is 3.82. The van der Waals surface area contributed by atoms with Gasteiger partial charge in [0.2, 0.25) is 0 Å². The number of rotatable bonds is 8. The van der Waals surface area contributed by atoms with Crippen molar-refractivity contribution in [3.05, 3.63) is 35.9 Å². The van der Waals surface area contributed by atoms with Gasteiger partial charge in [-0.15, -0.1) is 0 Å². The van der Waals surface area contributed by atoms with Gasteiger partial charge in [-0.05, 0) is 29.7 Å². The summed E-state index contributed by atoms with van der Waals surface area (Å²) in [6.45, 7) is 7.14. The van der Waals surface area contributed by atoms with Crippen LogP contribution in [0.1, 0.15) is 45.6 Å². The molecule has 0 heterocycles. The molecule has 102 valence electrons. The summed E-state index contributed by atoms with van der Waals surface area (Å²) >= 11 is 0. The second-order valence-corrected chi connectivity index (χ2v) is 5.93. The maximum Gasteiger partial charge on any atom is 0.0464 e. The van der Waals surface area contributed by atoms with Crippen molar-refractivity contribution in [1.29, 1.82) is 0 Å². The smallest absolute Gasteiger partial charge is 0.0464 e. The number of aliphatic hydroxyl groups is 1. The maximum absolute atomic E-state index is 9.57. The lowest BCUT2D eigenvalue weighted by Gasteiger charge is -2.22. The Balaban J connectivity index is 2.40. The van der Waals surface area contributed by atoms with Gasteiger partial charge >= 0.3 is 0 Å². The molecule has 1 heteroatoms. The van der Waals surface area contributed by atoms with Gasteiger partial charge in [-0.1, -0.05) is 70.4 Å². The van der Waals surface area contributed by atoms with Crippen LogP contribution in [0.2, 0.25) is 0 Å². The van der Waals surface area contributed by atoms with E-state index in [-0.39, 0.29) is 0 Å². The molecule has 2 atom stereocenters. The number of aliphatic hydroxyl groups excluding tert-OH is 1. The summed E-state index contributed by atoms with van der Waals surface area (Å²) < 4.78 is 0. The third kappa shape index (κ3) is 5.68. The molecule has 0 aliphatic carbocycles. The molecule has 0 aliphatic rings. The lowest BCUT2D eigenvalue weighted by Crippen LogP contribution is -2.19. The van der Waals surface area contributed by atoms with Gasteiger partial charge in [-0.2, -0.15) is 0 Å². The molecule has 0 spiro atoms. The van der Waals surface area contributed by atoms with Crippen molar-refractivity contribution in [2.24, 2.45) is 17.8 Å². The Morgan fingerprint density at radius 3 is 2.22 bits per heavy atom. The Morgan fingerprint density at radius 2 is 1.67 bits per heavy atom. The highest BCUT2D eigenvalue weighted by atomic mass is 16.3. The summed E-state index contributed by atoms with van der Waals surface area (Å²) in [5.41, 5.74) is 1.34. The maximum atomic E-state index is 9.57. The largest absolute Gasteiger partial charge is 0.396 e. The van der Waals surface area contributed by atoms with Crippen molar-refractivity contribution in [3.63, 3.8) is 0 Å². The average molecular weight is 248 g/mol.